The van der Waals surface area contributed by atoms with Gasteiger partial charge in [0.2, 0.25) is 0 Å². The Bertz CT molecular complexity index is 484. The molecule has 0 amide bonds. The maximum atomic E-state index is 11.1. The molecule has 2 rings (SSSR count). The summed E-state index contributed by atoms with van der Waals surface area (Å²) in [6.45, 7) is 2.77. The quantitative estimate of drug-likeness (QED) is 0.366. The number of hydrogen-bond donors (Lipinski definition) is 1. The summed E-state index contributed by atoms with van der Waals surface area (Å²) in [5, 5.41) is 13.2. The number of hydrogen-bond acceptors (Lipinski definition) is 7. The highest BCUT2D eigenvalue weighted by Crippen LogP contribution is 2.29. The number of nitrogens with one attached hydrogen (secondary N) is 1. The monoisotopic (exact) mass is 389 g/mol. The lowest BCUT2D eigenvalue weighted by molar-refractivity contribution is -0.759. The normalized spacial score (nSPS) is 26.4. The summed E-state index contributed by atoms with van der Waals surface area (Å²) in [5.74, 6) is 2.98. The van der Waals surface area contributed by atoms with Crippen LogP contribution in [-0.2, 0) is 9.63 Å². The predicted octanol–water partition coefficient (Wildman–Crippen LogP) is 2.62. The highest BCUT2D eigenvalue weighted by molar-refractivity contribution is 7.99. The average molecular weight is 390 g/mol. The SMILES string of the molecule is CC(=O)CCC(=S)N1CSCC1NCC1CCC(CO[N+](=O)[O-])CC1. The smallest absolute Gasteiger partial charge is 0.294 e. The van der Waals surface area contributed by atoms with Crippen molar-refractivity contribution >= 4 is 34.8 Å². The summed E-state index contributed by atoms with van der Waals surface area (Å²) >= 11 is 7.36. The average Bonchev–Trinajstić information content (AvgIpc) is 3.05. The Labute approximate surface area is 158 Å². The summed E-state index contributed by atoms with van der Waals surface area (Å²) < 4.78 is 0. The summed E-state index contributed by atoms with van der Waals surface area (Å²) in [6.07, 6.45) is 5.55. The molecule has 1 saturated carbocycles. The third-order valence-corrected chi connectivity index (χ3v) is 6.37. The number of carbonyl (C=O) groups excluding carboxylic acids is 1. The van der Waals surface area contributed by atoms with Crippen LogP contribution < -0.4 is 5.32 Å². The van der Waals surface area contributed by atoms with Gasteiger partial charge in [-0.25, -0.2) is 0 Å². The lowest BCUT2D eigenvalue weighted by Gasteiger charge is -2.31. The molecule has 1 saturated heterocycles. The van der Waals surface area contributed by atoms with Gasteiger partial charge in [0.15, 0.2) is 0 Å². The van der Waals surface area contributed by atoms with E-state index >= 15 is 0 Å². The van der Waals surface area contributed by atoms with Crippen molar-refractivity contribution in [3.8, 4) is 0 Å². The maximum absolute atomic E-state index is 11.1. The van der Waals surface area contributed by atoms with Crippen LogP contribution in [0.15, 0.2) is 0 Å². The van der Waals surface area contributed by atoms with Gasteiger partial charge < -0.3 is 14.5 Å². The number of nitrogens with zero attached hydrogens (tertiary/aromatic N) is 2. The largest absolute Gasteiger partial charge is 0.341 e. The van der Waals surface area contributed by atoms with E-state index in [9.17, 15) is 14.9 Å². The van der Waals surface area contributed by atoms with Crippen molar-refractivity contribution in [3.05, 3.63) is 10.1 Å². The van der Waals surface area contributed by atoms with Gasteiger partial charge in [-0.1, -0.05) is 12.2 Å². The molecule has 0 aromatic heterocycles. The van der Waals surface area contributed by atoms with Crippen LogP contribution in [0, 0.1) is 22.0 Å². The molecule has 1 heterocycles. The van der Waals surface area contributed by atoms with Crippen molar-refractivity contribution in [1.29, 1.82) is 0 Å². The summed E-state index contributed by atoms with van der Waals surface area (Å²) in [4.78, 5) is 29.0. The molecule has 1 N–H and O–H groups in total. The Morgan fingerprint density at radius 1 is 1.32 bits per heavy atom. The molecule has 0 spiro atoms. The highest BCUT2D eigenvalue weighted by atomic mass is 32.2. The first kappa shape index (κ1) is 20.4. The van der Waals surface area contributed by atoms with Gasteiger partial charge in [0, 0.05) is 18.6 Å². The Morgan fingerprint density at radius 2 is 2.00 bits per heavy atom. The lowest BCUT2D eigenvalue weighted by Crippen LogP contribution is -2.47. The summed E-state index contributed by atoms with van der Waals surface area (Å²) in [7, 11) is 0. The highest BCUT2D eigenvalue weighted by Gasteiger charge is 2.28. The molecule has 25 heavy (non-hydrogen) atoms. The van der Waals surface area contributed by atoms with E-state index in [0.717, 1.165) is 48.8 Å². The van der Waals surface area contributed by atoms with Gasteiger partial charge in [0.05, 0.1) is 23.6 Å². The van der Waals surface area contributed by atoms with E-state index < -0.39 is 5.09 Å². The predicted molar refractivity (Wildman–Crippen MR) is 102 cm³/mol. The van der Waals surface area contributed by atoms with Crippen LogP contribution in [0.5, 0.6) is 0 Å². The van der Waals surface area contributed by atoms with Crippen LogP contribution in [0.3, 0.4) is 0 Å². The molecule has 0 aromatic carbocycles. The van der Waals surface area contributed by atoms with Gasteiger partial charge in [-0.2, -0.15) is 0 Å². The molecule has 142 valence electrons. The number of carbonyl (C=O) groups is 1. The molecule has 0 bridgehead atoms. The van der Waals surface area contributed by atoms with Gasteiger partial charge in [0.25, 0.3) is 5.09 Å². The van der Waals surface area contributed by atoms with E-state index in [0.29, 0.717) is 24.7 Å². The van der Waals surface area contributed by atoms with Crippen LogP contribution >= 0.6 is 24.0 Å². The van der Waals surface area contributed by atoms with Gasteiger partial charge in [-0.15, -0.1) is 21.9 Å². The number of thiocarbonyl (C=S) groups is 1. The van der Waals surface area contributed by atoms with Crippen LogP contribution in [0.4, 0.5) is 0 Å². The fourth-order valence-electron chi connectivity index (χ4n) is 3.36. The van der Waals surface area contributed by atoms with E-state index in [1.165, 1.54) is 0 Å². The van der Waals surface area contributed by atoms with Crippen molar-refractivity contribution in [1.82, 2.24) is 10.2 Å². The molecule has 7 nitrogen and oxygen atoms in total. The zero-order chi connectivity index (χ0) is 18.2. The van der Waals surface area contributed by atoms with Crippen molar-refractivity contribution in [2.24, 2.45) is 11.8 Å². The Hall–Kier alpha value is -0.930. The minimum Gasteiger partial charge on any atom is -0.341 e. The van der Waals surface area contributed by atoms with Crippen LogP contribution in [0.25, 0.3) is 0 Å². The number of Topliss-reactive ketones (excluding diaryl/α,β-unsaturated/α-hetero) is 1. The topological polar surface area (TPSA) is 84.7 Å². The second-order valence-corrected chi connectivity index (χ2v) is 8.37. The van der Waals surface area contributed by atoms with Gasteiger partial charge in [-0.05, 0) is 51.0 Å². The fraction of sp³-hybridized carbons (Fsp3) is 0.875. The van der Waals surface area contributed by atoms with E-state index in [-0.39, 0.29) is 18.6 Å². The Balaban J connectivity index is 1.67. The van der Waals surface area contributed by atoms with Gasteiger partial charge >= 0.3 is 0 Å². The summed E-state index contributed by atoms with van der Waals surface area (Å²) in [5.41, 5.74) is 0. The number of thioether (sulfide) groups is 1. The molecule has 2 fully saturated rings. The van der Waals surface area contributed by atoms with Crippen molar-refractivity contribution < 1.29 is 14.7 Å². The van der Waals surface area contributed by atoms with Gasteiger partial charge in [-0.3, -0.25) is 5.32 Å². The Kier molecular flexibility index (Phi) is 8.38. The standard InChI is InChI=1S/C16H27N3O4S2/c1-12(20)2-7-16(24)18-11-25-10-15(18)17-8-13-3-5-14(6-4-13)9-23-19(21)22/h13-15,17H,2-11H2,1H3. The van der Waals surface area contributed by atoms with Crippen molar-refractivity contribution in [2.45, 2.75) is 51.6 Å². The van der Waals surface area contributed by atoms with E-state index in [1.807, 2.05) is 11.8 Å². The van der Waals surface area contributed by atoms with Crippen LogP contribution in [0.1, 0.15) is 45.4 Å². The zero-order valence-corrected chi connectivity index (χ0v) is 16.3. The van der Waals surface area contributed by atoms with E-state index in [1.54, 1.807) is 6.92 Å². The molecule has 0 radical (unpaired) electrons. The molecule has 2 aliphatic rings. The molecule has 0 aromatic rings. The molecule has 1 aliphatic carbocycles. The van der Waals surface area contributed by atoms with Gasteiger partial charge in [0.1, 0.15) is 5.78 Å². The van der Waals surface area contributed by atoms with Crippen LogP contribution in [0.2, 0.25) is 0 Å². The minimum atomic E-state index is -0.699. The first-order chi connectivity index (χ1) is 12.0. The lowest BCUT2D eigenvalue weighted by atomic mass is 9.82. The van der Waals surface area contributed by atoms with E-state index in [4.69, 9.17) is 12.2 Å². The third kappa shape index (κ3) is 7.07. The molecule has 1 unspecified atom stereocenters. The molecule has 9 heteroatoms. The molecular formula is C16H27N3O4S2. The Morgan fingerprint density at radius 3 is 2.64 bits per heavy atom. The zero-order valence-electron chi connectivity index (χ0n) is 14.6. The van der Waals surface area contributed by atoms with Crippen LogP contribution in [-0.4, -0.2) is 51.7 Å². The molecule has 1 atom stereocenters. The molecule has 1 aliphatic heterocycles. The minimum absolute atomic E-state index is 0.177. The first-order valence-corrected chi connectivity index (χ1v) is 10.4. The number of rotatable bonds is 9. The third-order valence-electron chi connectivity index (χ3n) is 4.92. The second kappa shape index (κ2) is 10.3. The van der Waals surface area contributed by atoms with E-state index in [2.05, 4.69) is 15.1 Å². The second-order valence-electron chi connectivity index (χ2n) is 6.90. The first-order valence-electron chi connectivity index (χ1n) is 8.83. The summed E-state index contributed by atoms with van der Waals surface area (Å²) in [6, 6.07) is 0. The maximum Gasteiger partial charge on any atom is 0.294 e. The van der Waals surface area contributed by atoms with Crippen molar-refractivity contribution in [3.63, 3.8) is 0 Å². The van der Waals surface area contributed by atoms with Crippen molar-refractivity contribution in [2.75, 3.05) is 24.8 Å². The number of ketones is 1. The molecular weight excluding hydrogens is 362 g/mol. The fourth-order valence-corrected chi connectivity index (χ4v) is 4.89.